The molecule has 0 aromatic carbocycles. The van der Waals surface area contributed by atoms with Crippen molar-refractivity contribution in [3.8, 4) is 0 Å². The molecule has 4 heterocycles. The van der Waals surface area contributed by atoms with E-state index in [9.17, 15) is 9.59 Å². The lowest BCUT2D eigenvalue weighted by molar-refractivity contribution is -0.148. The Labute approximate surface area is 237 Å². The monoisotopic (exact) mass is 553 g/mol. The van der Waals surface area contributed by atoms with Crippen LogP contribution in [0.5, 0.6) is 0 Å². The van der Waals surface area contributed by atoms with Crippen molar-refractivity contribution in [2.45, 2.75) is 40.0 Å². The zero-order valence-electron chi connectivity index (χ0n) is 24.2. The topological polar surface area (TPSA) is 103 Å². The fourth-order valence-corrected chi connectivity index (χ4v) is 5.06. The van der Waals surface area contributed by atoms with Crippen LogP contribution in [0, 0.1) is 0 Å². The first-order valence-electron chi connectivity index (χ1n) is 14.4. The van der Waals surface area contributed by atoms with E-state index in [1.165, 1.54) is 6.20 Å². The van der Waals surface area contributed by atoms with Gasteiger partial charge in [0.1, 0.15) is 5.69 Å². The van der Waals surface area contributed by atoms with Crippen molar-refractivity contribution in [3.05, 3.63) is 47.9 Å². The number of rotatable bonds is 11. The Kier molecular flexibility index (Phi) is 10.7. The summed E-state index contributed by atoms with van der Waals surface area (Å²) in [5.74, 6) is 0.729. The van der Waals surface area contributed by atoms with E-state index in [1.807, 2.05) is 35.8 Å². The van der Waals surface area contributed by atoms with Crippen LogP contribution in [0.15, 0.2) is 36.7 Å². The summed E-state index contributed by atoms with van der Waals surface area (Å²) >= 11 is 0. The molecule has 0 spiro atoms. The molecule has 0 atom stereocenters. The second-order valence-corrected chi connectivity index (χ2v) is 10.3. The Morgan fingerprint density at radius 1 is 0.875 bits per heavy atom. The number of anilines is 2. The highest BCUT2D eigenvalue weighted by Crippen LogP contribution is 2.25. The van der Waals surface area contributed by atoms with Crippen LogP contribution in [0.1, 0.15) is 48.5 Å². The van der Waals surface area contributed by atoms with Gasteiger partial charge < -0.3 is 29.5 Å². The molecule has 11 nitrogen and oxygen atoms in total. The first kappa shape index (κ1) is 29.7. The minimum absolute atomic E-state index is 0.0629. The Morgan fingerprint density at radius 3 is 2.12 bits per heavy atom. The summed E-state index contributed by atoms with van der Waals surface area (Å²) in [6.45, 7) is 15.3. The number of piperazine rings is 2. The molecular weight excluding hydrogens is 510 g/mol. The normalized spacial score (nSPS) is 16.6. The summed E-state index contributed by atoms with van der Waals surface area (Å²) in [5, 5.41) is 3.45. The lowest BCUT2D eigenvalue weighted by Gasteiger charge is -2.36. The third kappa shape index (κ3) is 7.67. The Balaban J connectivity index is 1.27. The lowest BCUT2D eigenvalue weighted by Crippen LogP contribution is -2.51. The van der Waals surface area contributed by atoms with Crippen molar-refractivity contribution >= 4 is 23.3 Å². The summed E-state index contributed by atoms with van der Waals surface area (Å²) in [4.78, 5) is 43.3. The number of ether oxygens (including phenoxy) is 2. The van der Waals surface area contributed by atoms with Crippen LogP contribution in [0.4, 0.5) is 11.5 Å². The van der Waals surface area contributed by atoms with Crippen LogP contribution < -0.4 is 10.2 Å². The van der Waals surface area contributed by atoms with Crippen LogP contribution >= 0.6 is 0 Å². The van der Waals surface area contributed by atoms with Gasteiger partial charge in [-0.15, -0.1) is 0 Å². The van der Waals surface area contributed by atoms with Crippen LogP contribution in [0.2, 0.25) is 0 Å². The van der Waals surface area contributed by atoms with E-state index in [-0.39, 0.29) is 18.1 Å². The molecule has 40 heavy (non-hydrogen) atoms. The third-order valence-corrected chi connectivity index (χ3v) is 7.10. The number of hydrogen-bond acceptors (Lipinski definition) is 9. The van der Waals surface area contributed by atoms with Crippen molar-refractivity contribution < 1.29 is 19.1 Å². The summed E-state index contributed by atoms with van der Waals surface area (Å²) in [6, 6.07) is 7.64. The van der Waals surface area contributed by atoms with E-state index in [0.717, 1.165) is 24.6 Å². The SMILES string of the molecule is CCOC(CN1CCN(C(=O)c2ccc(C(=O)N3CCN(c4ncccc4NC(C)C)CC3)nc2)CC1)OCC. The molecule has 2 aliphatic heterocycles. The molecule has 2 aliphatic rings. The molecule has 2 saturated heterocycles. The van der Waals surface area contributed by atoms with Gasteiger partial charge in [-0.3, -0.25) is 19.5 Å². The van der Waals surface area contributed by atoms with Crippen LogP contribution in [0.25, 0.3) is 0 Å². The molecule has 1 N–H and O–H groups in total. The van der Waals surface area contributed by atoms with Gasteiger partial charge in [0.2, 0.25) is 0 Å². The standard InChI is InChI=1S/C29H43N7O4/c1-5-39-26(40-6-2)21-33-12-14-35(15-13-33)28(37)23-9-10-25(31-20-23)29(38)36-18-16-34(17-19-36)27-24(32-22(3)4)8-7-11-30-27/h7-11,20,22,26,32H,5-6,12-19,21H2,1-4H3. The first-order valence-corrected chi connectivity index (χ1v) is 14.4. The van der Waals surface area contributed by atoms with Gasteiger partial charge in [-0.2, -0.15) is 0 Å². The van der Waals surface area contributed by atoms with Crippen LogP contribution in [0.3, 0.4) is 0 Å². The fraction of sp³-hybridized carbons (Fsp3) is 0.586. The van der Waals surface area contributed by atoms with E-state index in [0.29, 0.717) is 76.3 Å². The highest BCUT2D eigenvalue weighted by Gasteiger charge is 2.27. The largest absolute Gasteiger partial charge is 0.380 e. The number of hydrogen-bond donors (Lipinski definition) is 1. The molecule has 2 amide bonds. The quantitative estimate of drug-likeness (QED) is 0.420. The Morgan fingerprint density at radius 2 is 1.52 bits per heavy atom. The van der Waals surface area contributed by atoms with Crippen molar-refractivity contribution in [3.63, 3.8) is 0 Å². The van der Waals surface area contributed by atoms with E-state index >= 15 is 0 Å². The average Bonchev–Trinajstić information content (AvgIpc) is 2.97. The first-order chi connectivity index (χ1) is 19.4. The van der Waals surface area contributed by atoms with Crippen molar-refractivity contribution in [1.29, 1.82) is 0 Å². The minimum Gasteiger partial charge on any atom is -0.380 e. The van der Waals surface area contributed by atoms with E-state index < -0.39 is 0 Å². The summed E-state index contributed by atoms with van der Waals surface area (Å²) < 4.78 is 11.3. The van der Waals surface area contributed by atoms with Gasteiger partial charge in [-0.25, -0.2) is 4.98 Å². The molecule has 0 unspecified atom stereocenters. The van der Waals surface area contributed by atoms with Gasteiger partial charge in [-0.1, -0.05) is 0 Å². The molecule has 0 saturated carbocycles. The Bertz CT molecular complexity index is 1090. The van der Waals surface area contributed by atoms with E-state index in [1.54, 1.807) is 18.3 Å². The number of aromatic nitrogens is 2. The number of pyridine rings is 2. The molecule has 2 aromatic rings. The molecular formula is C29H43N7O4. The van der Waals surface area contributed by atoms with Crippen LogP contribution in [-0.2, 0) is 9.47 Å². The summed E-state index contributed by atoms with van der Waals surface area (Å²) in [6.07, 6.45) is 3.07. The molecule has 0 aliphatic carbocycles. The highest BCUT2D eigenvalue weighted by atomic mass is 16.7. The maximum atomic E-state index is 13.2. The summed E-state index contributed by atoms with van der Waals surface area (Å²) in [7, 11) is 0. The van der Waals surface area contributed by atoms with Gasteiger partial charge in [0.25, 0.3) is 11.8 Å². The van der Waals surface area contributed by atoms with Gasteiger partial charge in [-0.05, 0) is 52.0 Å². The maximum absolute atomic E-state index is 13.2. The minimum atomic E-state index is -0.246. The smallest absolute Gasteiger partial charge is 0.272 e. The molecule has 11 heteroatoms. The highest BCUT2D eigenvalue weighted by molar-refractivity contribution is 5.96. The second-order valence-electron chi connectivity index (χ2n) is 10.3. The van der Waals surface area contributed by atoms with Gasteiger partial charge in [0, 0.05) is 90.6 Å². The zero-order valence-corrected chi connectivity index (χ0v) is 24.2. The molecule has 0 radical (unpaired) electrons. The van der Waals surface area contributed by atoms with Crippen molar-refractivity contribution in [1.82, 2.24) is 24.7 Å². The van der Waals surface area contributed by atoms with Gasteiger partial charge in [0.15, 0.2) is 12.1 Å². The summed E-state index contributed by atoms with van der Waals surface area (Å²) in [5.41, 5.74) is 1.85. The van der Waals surface area contributed by atoms with Gasteiger partial charge >= 0.3 is 0 Å². The van der Waals surface area contributed by atoms with Crippen molar-refractivity contribution in [2.75, 3.05) is 82.3 Å². The fourth-order valence-electron chi connectivity index (χ4n) is 5.06. The number of nitrogens with zero attached hydrogens (tertiary/aromatic N) is 6. The molecule has 4 rings (SSSR count). The zero-order chi connectivity index (χ0) is 28.5. The molecule has 2 fully saturated rings. The number of nitrogens with one attached hydrogen (secondary N) is 1. The van der Waals surface area contributed by atoms with Gasteiger partial charge in [0.05, 0.1) is 11.3 Å². The predicted molar refractivity (Wildman–Crippen MR) is 155 cm³/mol. The molecule has 2 aromatic heterocycles. The lowest BCUT2D eigenvalue weighted by atomic mass is 10.2. The average molecular weight is 554 g/mol. The molecule has 218 valence electrons. The maximum Gasteiger partial charge on any atom is 0.272 e. The third-order valence-electron chi connectivity index (χ3n) is 7.10. The predicted octanol–water partition coefficient (Wildman–Crippen LogP) is 2.42. The number of carbonyl (C=O) groups is 2. The van der Waals surface area contributed by atoms with Crippen molar-refractivity contribution in [2.24, 2.45) is 0 Å². The van der Waals surface area contributed by atoms with Crippen LogP contribution in [-0.4, -0.2) is 121 Å². The molecule has 0 bridgehead atoms. The second kappa shape index (κ2) is 14.4. The number of carbonyl (C=O) groups excluding carboxylic acids is 2. The Hall–Kier alpha value is -3.28. The van der Waals surface area contributed by atoms with E-state index in [4.69, 9.17) is 9.47 Å². The van der Waals surface area contributed by atoms with E-state index in [2.05, 4.69) is 38.9 Å². The number of amides is 2.